The number of oxazole rings is 1. The predicted octanol–water partition coefficient (Wildman–Crippen LogP) is 3.52. The van der Waals surface area contributed by atoms with E-state index in [1.807, 2.05) is 45.9 Å². The van der Waals surface area contributed by atoms with Gasteiger partial charge >= 0.3 is 5.76 Å². The van der Waals surface area contributed by atoms with Crippen LogP contribution in [-0.2, 0) is 21.4 Å². The predicted molar refractivity (Wildman–Crippen MR) is 127 cm³/mol. The number of nitrogens with one attached hydrogen (secondary N) is 1. The second kappa shape index (κ2) is 8.79. The molecular weight excluding hydrogens is 442 g/mol. The Morgan fingerprint density at radius 2 is 1.79 bits per heavy atom. The van der Waals surface area contributed by atoms with Crippen molar-refractivity contribution in [2.45, 2.75) is 45.6 Å². The fraction of sp³-hybridized carbons (Fsp3) is 0.417. The van der Waals surface area contributed by atoms with Crippen LogP contribution in [0.2, 0.25) is 0 Å². The molecule has 2 aromatic carbocycles. The fourth-order valence-electron chi connectivity index (χ4n) is 4.51. The first kappa shape index (κ1) is 23.3. The molecule has 9 heteroatoms. The molecule has 0 bridgehead atoms. The van der Waals surface area contributed by atoms with Gasteiger partial charge in [0.2, 0.25) is 15.9 Å². The number of anilines is 1. The van der Waals surface area contributed by atoms with Gasteiger partial charge in [0, 0.05) is 24.8 Å². The number of carbonyl (C=O) groups is 1. The summed E-state index contributed by atoms with van der Waals surface area (Å²) < 4.78 is 34.4. The Kier molecular flexibility index (Phi) is 6.20. The van der Waals surface area contributed by atoms with Crippen LogP contribution in [0.5, 0.6) is 0 Å². The molecule has 1 saturated heterocycles. The molecule has 2 atom stereocenters. The maximum absolute atomic E-state index is 13.2. The van der Waals surface area contributed by atoms with Crippen LogP contribution in [0.25, 0.3) is 11.1 Å². The Morgan fingerprint density at radius 3 is 2.48 bits per heavy atom. The zero-order valence-corrected chi connectivity index (χ0v) is 20.1. The highest BCUT2D eigenvalue weighted by Gasteiger charge is 2.32. The zero-order chi connectivity index (χ0) is 23.9. The largest absolute Gasteiger partial charge is 0.420 e. The lowest BCUT2D eigenvalue weighted by atomic mass is 9.94. The molecule has 8 nitrogen and oxygen atoms in total. The van der Waals surface area contributed by atoms with Crippen molar-refractivity contribution in [1.82, 2.24) is 8.87 Å². The topological polar surface area (TPSA) is 102 Å². The molecule has 0 spiro atoms. The van der Waals surface area contributed by atoms with Crippen LogP contribution >= 0.6 is 0 Å². The summed E-state index contributed by atoms with van der Waals surface area (Å²) in [6, 6.07) is 10.1. The van der Waals surface area contributed by atoms with E-state index in [9.17, 15) is 18.0 Å². The third-order valence-corrected chi connectivity index (χ3v) is 7.91. The minimum atomic E-state index is -3.71. The average Bonchev–Trinajstić information content (AvgIpc) is 3.04. The summed E-state index contributed by atoms with van der Waals surface area (Å²) in [6.07, 6.45) is 0.993. The minimum absolute atomic E-state index is 0.0806. The van der Waals surface area contributed by atoms with Crippen LogP contribution < -0.4 is 11.1 Å². The van der Waals surface area contributed by atoms with E-state index in [0.29, 0.717) is 24.3 Å². The highest BCUT2D eigenvalue weighted by molar-refractivity contribution is 7.89. The van der Waals surface area contributed by atoms with Crippen molar-refractivity contribution in [1.29, 1.82) is 0 Å². The number of fused-ring (bicyclic) bond motifs is 1. The Labute approximate surface area is 193 Å². The molecule has 176 valence electrons. The van der Waals surface area contributed by atoms with E-state index in [2.05, 4.69) is 5.32 Å². The Hall–Kier alpha value is -2.91. The van der Waals surface area contributed by atoms with Crippen molar-refractivity contribution in [3.05, 3.63) is 58.1 Å². The van der Waals surface area contributed by atoms with E-state index in [-0.39, 0.29) is 34.8 Å². The van der Waals surface area contributed by atoms with Gasteiger partial charge in [0.15, 0.2) is 5.58 Å². The molecule has 1 aliphatic rings. The third-order valence-electron chi connectivity index (χ3n) is 6.08. The number of hydrogen-bond acceptors (Lipinski definition) is 5. The average molecular weight is 472 g/mol. The number of nitrogens with zero attached hydrogens (tertiary/aromatic N) is 2. The molecule has 4 rings (SSSR count). The van der Waals surface area contributed by atoms with Crippen LogP contribution in [0.15, 0.2) is 50.5 Å². The monoisotopic (exact) mass is 471 g/mol. The van der Waals surface area contributed by atoms with Gasteiger partial charge in [-0.2, -0.15) is 4.31 Å². The van der Waals surface area contributed by atoms with E-state index in [1.165, 1.54) is 27.1 Å². The lowest BCUT2D eigenvalue weighted by Crippen LogP contribution is -2.42. The van der Waals surface area contributed by atoms with Crippen molar-refractivity contribution >= 4 is 32.7 Å². The first-order valence-corrected chi connectivity index (χ1v) is 12.5. The fourth-order valence-corrected chi connectivity index (χ4v) is 6.21. The van der Waals surface area contributed by atoms with Crippen LogP contribution in [0.4, 0.5) is 5.69 Å². The van der Waals surface area contributed by atoms with Crippen molar-refractivity contribution < 1.29 is 17.6 Å². The van der Waals surface area contributed by atoms with Gasteiger partial charge in [-0.1, -0.05) is 26.0 Å². The second-order valence-corrected chi connectivity index (χ2v) is 11.2. The highest BCUT2D eigenvalue weighted by Crippen LogP contribution is 2.28. The molecule has 33 heavy (non-hydrogen) atoms. The summed E-state index contributed by atoms with van der Waals surface area (Å²) in [5.74, 6) is -0.527. The lowest BCUT2D eigenvalue weighted by Gasteiger charge is -2.34. The van der Waals surface area contributed by atoms with Gasteiger partial charge in [-0.05, 0) is 61.4 Å². The van der Waals surface area contributed by atoms with E-state index >= 15 is 0 Å². The van der Waals surface area contributed by atoms with Crippen molar-refractivity contribution in [3.8, 4) is 0 Å². The number of piperidine rings is 1. The molecule has 1 aromatic heterocycles. The molecule has 2 unspecified atom stereocenters. The molecule has 1 aliphatic heterocycles. The Morgan fingerprint density at radius 1 is 1.09 bits per heavy atom. The first-order chi connectivity index (χ1) is 15.5. The molecule has 0 radical (unpaired) electrons. The number of aryl methyl sites for hydroxylation is 2. The molecule has 1 N–H and O–H groups in total. The highest BCUT2D eigenvalue weighted by atomic mass is 32.2. The number of benzene rings is 2. The number of sulfonamides is 1. The van der Waals surface area contributed by atoms with Gasteiger partial charge in [0.1, 0.15) is 6.54 Å². The summed E-state index contributed by atoms with van der Waals surface area (Å²) in [6.45, 7) is 8.60. The Balaban J connectivity index is 1.59. The Bertz CT molecular complexity index is 1360. The molecular formula is C24H29N3O5S. The second-order valence-electron chi connectivity index (χ2n) is 9.22. The summed E-state index contributed by atoms with van der Waals surface area (Å²) in [4.78, 5) is 25.2. The van der Waals surface area contributed by atoms with Crippen LogP contribution in [-0.4, -0.2) is 36.3 Å². The number of rotatable bonds is 5. The standard InChI is InChI=1S/C24H29N3O5S/c1-15-5-6-18(4)20(10-15)25-23(28)14-27-21-8-7-19(11-22(21)32-24(27)29)33(30,31)26-12-16(2)9-17(3)13-26/h5-8,10-11,16-17H,9,12-14H2,1-4H3,(H,25,28). The quantitative estimate of drug-likeness (QED) is 0.614. The number of hydrogen-bond donors (Lipinski definition) is 1. The normalized spacial score (nSPS) is 19.6. The molecule has 1 amide bonds. The molecule has 3 aromatic rings. The first-order valence-electron chi connectivity index (χ1n) is 11.0. The summed E-state index contributed by atoms with van der Waals surface area (Å²) in [5.41, 5.74) is 3.11. The molecule has 2 heterocycles. The summed E-state index contributed by atoms with van der Waals surface area (Å²) >= 11 is 0. The van der Waals surface area contributed by atoms with E-state index < -0.39 is 15.8 Å². The van der Waals surface area contributed by atoms with Gasteiger partial charge < -0.3 is 9.73 Å². The molecule has 1 fully saturated rings. The minimum Gasteiger partial charge on any atom is -0.408 e. The van der Waals surface area contributed by atoms with E-state index in [4.69, 9.17) is 4.42 Å². The lowest BCUT2D eigenvalue weighted by molar-refractivity contribution is -0.116. The molecule has 0 saturated carbocycles. The van der Waals surface area contributed by atoms with Crippen molar-refractivity contribution in [2.24, 2.45) is 11.8 Å². The van der Waals surface area contributed by atoms with Crippen molar-refractivity contribution in [2.75, 3.05) is 18.4 Å². The molecule has 0 aliphatic carbocycles. The van der Waals surface area contributed by atoms with E-state index in [0.717, 1.165) is 17.5 Å². The van der Waals surface area contributed by atoms with Gasteiger partial charge in [0.05, 0.1) is 10.4 Å². The maximum atomic E-state index is 13.2. The number of carbonyl (C=O) groups excluding carboxylic acids is 1. The zero-order valence-electron chi connectivity index (χ0n) is 19.3. The number of aromatic nitrogens is 1. The summed E-state index contributed by atoms with van der Waals surface area (Å²) in [5, 5.41) is 2.83. The van der Waals surface area contributed by atoms with Gasteiger partial charge in [-0.15, -0.1) is 0 Å². The van der Waals surface area contributed by atoms with Gasteiger partial charge in [-0.25, -0.2) is 13.2 Å². The van der Waals surface area contributed by atoms with Crippen LogP contribution in [0.1, 0.15) is 31.4 Å². The van der Waals surface area contributed by atoms with Gasteiger partial charge in [-0.3, -0.25) is 9.36 Å². The van der Waals surface area contributed by atoms with Crippen molar-refractivity contribution in [3.63, 3.8) is 0 Å². The van der Waals surface area contributed by atoms with Crippen LogP contribution in [0.3, 0.4) is 0 Å². The maximum Gasteiger partial charge on any atom is 0.420 e. The third kappa shape index (κ3) is 4.74. The SMILES string of the molecule is Cc1ccc(C)c(NC(=O)Cn2c(=O)oc3cc(S(=O)(=O)N4CC(C)CC(C)C4)ccc32)c1. The smallest absolute Gasteiger partial charge is 0.408 e. The number of amides is 1. The van der Waals surface area contributed by atoms with Gasteiger partial charge in [0.25, 0.3) is 0 Å². The van der Waals surface area contributed by atoms with Crippen LogP contribution in [0, 0.1) is 25.7 Å². The van der Waals surface area contributed by atoms with E-state index in [1.54, 1.807) is 0 Å². The summed E-state index contributed by atoms with van der Waals surface area (Å²) in [7, 11) is -3.71.